The molecule has 3 amide bonds. The number of carbonyl (C=O) groups excluding carboxylic acids is 2. The van der Waals surface area contributed by atoms with E-state index in [-0.39, 0.29) is 11.9 Å². The Morgan fingerprint density at radius 1 is 1.38 bits per heavy atom. The summed E-state index contributed by atoms with van der Waals surface area (Å²) in [6.07, 6.45) is 0.914. The molecule has 0 bridgehead atoms. The topological polar surface area (TPSA) is 73.5 Å². The fourth-order valence-electron chi connectivity index (χ4n) is 2.52. The Bertz CT molecular complexity index is 542. The van der Waals surface area contributed by atoms with E-state index in [9.17, 15) is 9.59 Å². The average Bonchev–Trinajstić information content (AvgIpc) is 2.46. The molecular weight excluding hydrogens is 268 g/mol. The van der Waals surface area contributed by atoms with E-state index in [1.807, 2.05) is 12.1 Å². The number of amides is 3. The summed E-state index contributed by atoms with van der Waals surface area (Å²) in [5.41, 5.74) is 1.36. The maximum Gasteiger partial charge on any atom is 0.321 e. The molecule has 2 aliphatic heterocycles. The molecule has 2 heterocycles. The van der Waals surface area contributed by atoms with E-state index in [1.54, 1.807) is 17.0 Å². The molecule has 112 valence electrons. The lowest BCUT2D eigenvalue weighted by Crippen LogP contribution is -2.48. The number of nitrogens with one attached hydrogen (secondary N) is 3. The molecule has 1 aromatic carbocycles. The predicted octanol–water partition coefficient (Wildman–Crippen LogP) is 0.555. The molecular formula is C15H20N4O2. The van der Waals surface area contributed by atoms with E-state index in [4.69, 9.17) is 0 Å². The van der Waals surface area contributed by atoms with Gasteiger partial charge in [0.1, 0.15) is 0 Å². The van der Waals surface area contributed by atoms with Gasteiger partial charge in [0.05, 0.1) is 0 Å². The molecule has 2 saturated heterocycles. The predicted molar refractivity (Wildman–Crippen MR) is 80.5 cm³/mol. The van der Waals surface area contributed by atoms with Crippen LogP contribution < -0.4 is 20.9 Å². The number of anilines is 1. The molecule has 0 saturated carbocycles. The fourth-order valence-corrected chi connectivity index (χ4v) is 2.52. The number of rotatable bonds is 4. The average molecular weight is 288 g/mol. The van der Waals surface area contributed by atoms with Crippen molar-refractivity contribution in [3.63, 3.8) is 0 Å². The normalized spacial score (nSPS) is 18.9. The van der Waals surface area contributed by atoms with Crippen LogP contribution in [0.1, 0.15) is 16.8 Å². The number of urea groups is 1. The molecule has 0 aliphatic carbocycles. The summed E-state index contributed by atoms with van der Waals surface area (Å²) >= 11 is 0. The third kappa shape index (κ3) is 3.16. The van der Waals surface area contributed by atoms with Crippen molar-refractivity contribution in [2.45, 2.75) is 6.42 Å². The van der Waals surface area contributed by atoms with Crippen LogP contribution in [0, 0.1) is 5.92 Å². The van der Waals surface area contributed by atoms with Crippen LogP contribution in [-0.2, 0) is 0 Å². The highest BCUT2D eigenvalue weighted by Gasteiger charge is 2.21. The Balaban J connectivity index is 1.66. The molecule has 1 aromatic rings. The summed E-state index contributed by atoms with van der Waals surface area (Å²) in [5, 5.41) is 8.94. The van der Waals surface area contributed by atoms with Crippen LogP contribution in [0.5, 0.6) is 0 Å². The second-order valence-corrected chi connectivity index (χ2v) is 5.52. The molecule has 3 N–H and O–H groups in total. The first-order valence-corrected chi connectivity index (χ1v) is 7.38. The standard InChI is InChI=1S/C15H20N4O2/c20-14(18-10-11-8-16-9-11)12-3-1-4-13(7-12)19-6-2-5-17-15(19)21/h1,3-4,7,11,16H,2,5-6,8-10H2,(H,17,21)(H,18,20). The minimum atomic E-state index is -0.0978. The summed E-state index contributed by atoms with van der Waals surface area (Å²) < 4.78 is 0. The zero-order valence-corrected chi connectivity index (χ0v) is 11.9. The lowest BCUT2D eigenvalue weighted by atomic mass is 10.0. The Morgan fingerprint density at radius 3 is 2.95 bits per heavy atom. The number of hydrogen-bond acceptors (Lipinski definition) is 3. The maximum atomic E-state index is 12.2. The highest BCUT2D eigenvalue weighted by molar-refractivity contribution is 5.97. The van der Waals surface area contributed by atoms with Gasteiger partial charge in [-0.1, -0.05) is 6.07 Å². The zero-order chi connectivity index (χ0) is 14.7. The van der Waals surface area contributed by atoms with Gasteiger partial charge in [-0.25, -0.2) is 4.79 Å². The molecule has 0 unspecified atom stereocenters. The first kappa shape index (κ1) is 13.9. The minimum absolute atomic E-state index is 0.0823. The van der Waals surface area contributed by atoms with Gasteiger partial charge < -0.3 is 16.0 Å². The molecule has 2 fully saturated rings. The van der Waals surface area contributed by atoms with Crippen molar-refractivity contribution >= 4 is 17.6 Å². The molecule has 3 rings (SSSR count). The second-order valence-electron chi connectivity index (χ2n) is 5.52. The van der Waals surface area contributed by atoms with Crippen molar-refractivity contribution in [2.24, 2.45) is 5.92 Å². The van der Waals surface area contributed by atoms with Crippen molar-refractivity contribution in [1.82, 2.24) is 16.0 Å². The Morgan fingerprint density at radius 2 is 2.24 bits per heavy atom. The molecule has 0 aromatic heterocycles. The van der Waals surface area contributed by atoms with E-state index in [0.717, 1.165) is 25.2 Å². The fraction of sp³-hybridized carbons (Fsp3) is 0.467. The highest BCUT2D eigenvalue weighted by Crippen LogP contribution is 2.18. The quantitative estimate of drug-likeness (QED) is 0.758. The summed E-state index contributed by atoms with van der Waals surface area (Å²) in [5.74, 6) is 0.450. The van der Waals surface area contributed by atoms with Crippen molar-refractivity contribution in [3.8, 4) is 0 Å². The van der Waals surface area contributed by atoms with Crippen molar-refractivity contribution in [3.05, 3.63) is 29.8 Å². The maximum absolute atomic E-state index is 12.2. The minimum Gasteiger partial charge on any atom is -0.352 e. The van der Waals surface area contributed by atoms with Gasteiger partial charge >= 0.3 is 6.03 Å². The van der Waals surface area contributed by atoms with Crippen molar-refractivity contribution < 1.29 is 9.59 Å². The Hall–Kier alpha value is -2.08. The summed E-state index contributed by atoms with van der Waals surface area (Å²) in [6.45, 7) is 4.03. The van der Waals surface area contributed by atoms with E-state index in [2.05, 4.69) is 16.0 Å². The van der Waals surface area contributed by atoms with E-state index >= 15 is 0 Å². The first-order chi connectivity index (χ1) is 10.2. The Kier molecular flexibility index (Phi) is 4.06. The van der Waals surface area contributed by atoms with Gasteiger partial charge in [0.25, 0.3) is 5.91 Å². The number of hydrogen-bond donors (Lipinski definition) is 3. The van der Waals surface area contributed by atoms with E-state index < -0.39 is 0 Å². The van der Waals surface area contributed by atoms with Gasteiger partial charge in [-0.05, 0) is 24.6 Å². The first-order valence-electron chi connectivity index (χ1n) is 7.38. The van der Waals surface area contributed by atoms with Gasteiger partial charge in [-0.2, -0.15) is 0 Å². The lowest BCUT2D eigenvalue weighted by Gasteiger charge is -2.28. The molecule has 2 aliphatic rings. The summed E-state index contributed by atoms with van der Waals surface area (Å²) in [7, 11) is 0. The van der Waals surface area contributed by atoms with Crippen LogP contribution >= 0.6 is 0 Å². The molecule has 0 atom stereocenters. The largest absolute Gasteiger partial charge is 0.352 e. The zero-order valence-electron chi connectivity index (χ0n) is 11.9. The van der Waals surface area contributed by atoms with Gasteiger partial charge in [-0.15, -0.1) is 0 Å². The van der Waals surface area contributed by atoms with Gasteiger partial charge in [0, 0.05) is 49.9 Å². The van der Waals surface area contributed by atoms with Gasteiger partial charge in [0.2, 0.25) is 0 Å². The van der Waals surface area contributed by atoms with Crippen LogP contribution in [0.4, 0.5) is 10.5 Å². The molecule has 6 heteroatoms. The summed E-state index contributed by atoms with van der Waals surface area (Å²) in [4.78, 5) is 25.7. The van der Waals surface area contributed by atoms with Crippen molar-refractivity contribution in [1.29, 1.82) is 0 Å². The second kappa shape index (κ2) is 6.13. The SMILES string of the molecule is O=C(NCC1CNC1)c1cccc(N2CCCNC2=O)c1. The number of benzene rings is 1. The molecule has 21 heavy (non-hydrogen) atoms. The molecule has 0 spiro atoms. The van der Waals surface area contributed by atoms with E-state index in [1.165, 1.54) is 0 Å². The van der Waals surface area contributed by atoms with Crippen LogP contribution in [-0.4, -0.2) is 44.7 Å². The lowest BCUT2D eigenvalue weighted by molar-refractivity contribution is 0.0942. The van der Waals surface area contributed by atoms with Crippen LogP contribution in [0.2, 0.25) is 0 Å². The van der Waals surface area contributed by atoms with Crippen LogP contribution in [0.25, 0.3) is 0 Å². The smallest absolute Gasteiger partial charge is 0.321 e. The number of nitrogens with zero attached hydrogens (tertiary/aromatic N) is 1. The highest BCUT2D eigenvalue weighted by atomic mass is 16.2. The molecule has 6 nitrogen and oxygen atoms in total. The molecule has 0 radical (unpaired) electrons. The van der Waals surface area contributed by atoms with E-state index in [0.29, 0.717) is 31.1 Å². The van der Waals surface area contributed by atoms with Crippen molar-refractivity contribution in [2.75, 3.05) is 37.6 Å². The number of carbonyl (C=O) groups is 2. The van der Waals surface area contributed by atoms with Crippen LogP contribution in [0.15, 0.2) is 24.3 Å². The summed E-state index contributed by atoms with van der Waals surface area (Å²) in [6, 6.07) is 7.13. The Labute approximate surface area is 123 Å². The monoisotopic (exact) mass is 288 g/mol. The van der Waals surface area contributed by atoms with Crippen LogP contribution in [0.3, 0.4) is 0 Å². The van der Waals surface area contributed by atoms with Gasteiger partial charge in [0.15, 0.2) is 0 Å². The van der Waals surface area contributed by atoms with Gasteiger partial charge in [-0.3, -0.25) is 9.69 Å². The third-order valence-corrected chi connectivity index (χ3v) is 3.92. The third-order valence-electron chi connectivity index (χ3n) is 3.92.